The topological polar surface area (TPSA) is 54.3 Å². The van der Waals surface area contributed by atoms with Crippen LogP contribution in [0.4, 0.5) is 0 Å². The Kier molecular flexibility index (Phi) is 4.23. The molecule has 6 nitrogen and oxygen atoms in total. The molecule has 0 unspecified atom stereocenters. The Morgan fingerprint density at radius 2 is 2.00 bits per heavy atom. The number of likely N-dealkylation sites (N-methyl/N-ethyl adjacent to an activating group) is 1. The van der Waals surface area contributed by atoms with Crippen molar-refractivity contribution in [2.24, 2.45) is 0 Å². The van der Waals surface area contributed by atoms with Crippen LogP contribution >= 0.6 is 0 Å². The second-order valence-corrected chi connectivity index (χ2v) is 7.74. The van der Waals surface area contributed by atoms with Crippen LogP contribution in [-0.2, 0) is 0 Å². The normalized spacial score (nSPS) is 19.6. The monoisotopic (exact) mass is 341 g/mol. The number of rotatable bonds is 3. The molecule has 1 amide bonds. The molecule has 1 saturated heterocycles. The standard InChI is InChI=1S/C19H27N5O/c1-13(2)24-18-16(12-20-24)15(11-17(21-18)14-5-6-14)19(25)23-8-4-7-22(3)9-10-23/h11-14H,4-10H2,1-3H3. The molecule has 1 aliphatic heterocycles. The number of aromatic nitrogens is 3. The number of pyridine rings is 1. The fourth-order valence-electron chi connectivity index (χ4n) is 3.60. The van der Waals surface area contributed by atoms with E-state index in [1.165, 1.54) is 12.8 Å². The molecule has 6 heteroatoms. The van der Waals surface area contributed by atoms with Crippen molar-refractivity contribution >= 4 is 16.9 Å². The largest absolute Gasteiger partial charge is 0.337 e. The molecule has 4 rings (SSSR count). The summed E-state index contributed by atoms with van der Waals surface area (Å²) in [5.74, 6) is 0.648. The van der Waals surface area contributed by atoms with Crippen molar-refractivity contribution < 1.29 is 4.79 Å². The van der Waals surface area contributed by atoms with Gasteiger partial charge in [0.2, 0.25) is 0 Å². The summed E-state index contributed by atoms with van der Waals surface area (Å²) in [5, 5.41) is 5.40. The molecule has 0 bridgehead atoms. The molecule has 25 heavy (non-hydrogen) atoms. The Bertz CT molecular complexity index is 792. The summed E-state index contributed by atoms with van der Waals surface area (Å²) in [4.78, 5) is 22.4. The number of nitrogens with zero attached hydrogens (tertiary/aromatic N) is 5. The number of carbonyl (C=O) groups excluding carboxylic acids is 1. The highest BCUT2D eigenvalue weighted by Gasteiger charge is 2.29. The minimum absolute atomic E-state index is 0.132. The van der Waals surface area contributed by atoms with Crippen molar-refractivity contribution in [2.75, 3.05) is 33.2 Å². The Hall–Kier alpha value is -1.95. The molecule has 2 aromatic rings. The van der Waals surface area contributed by atoms with Crippen LogP contribution in [0, 0.1) is 0 Å². The lowest BCUT2D eigenvalue weighted by molar-refractivity contribution is 0.0764. The lowest BCUT2D eigenvalue weighted by Crippen LogP contribution is -2.34. The van der Waals surface area contributed by atoms with Gasteiger partial charge in [0.15, 0.2) is 5.65 Å². The van der Waals surface area contributed by atoms with E-state index in [4.69, 9.17) is 4.98 Å². The third-order valence-corrected chi connectivity index (χ3v) is 5.31. The smallest absolute Gasteiger partial charge is 0.254 e. The maximum atomic E-state index is 13.3. The third kappa shape index (κ3) is 3.15. The highest BCUT2D eigenvalue weighted by atomic mass is 16.2. The van der Waals surface area contributed by atoms with E-state index in [0.29, 0.717) is 5.92 Å². The van der Waals surface area contributed by atoms with E-state index in [1.807, 2.05) is 21.8 Å². The molecular weight excluding hydrogens is 314 g/mol. The molecule has 0 aromatic carbocycles. The van der Waals surface area contributed by atoms with Gasteiger partial charge in [0.25, 0.3) is 5.91 Å². The summed E-state index contributed by atoms with van der Waals surface area (Å²) in [6.45, 7) is 7.79. The van der Waals surface area contributed by atoms with Crippen molar-refractivity contribution in [3.63, 3.8) is 0 Å². The molecule has 134 valence electrons. The zero-order valence-corrected chi connectivity index (χ0v) is 15.4. The van der Waals surface area contributed by atoms with Crippen LogP contribution in [-0.4, -0.2) is 63.7 Å². The van der Waals surface area contributed by atoms with Gasteiger partial charge >= 0.3 is 0 Å². The van der Waals surface area contributed by atoms with Gasteiger partial charge in [0, 0.05) is 37.3 Å². The van der Waals surface area contributed by atoms with Crippen LogP contribution < -0.4 is 0 Å². The van der Waals surface area contributed by atoms with Crippen LogP contribution in [0.3, 0.4) is 0 Å². The van der Waals surface area contributed by atoms with Gasteiger partial charge in [-0.25, -0.2) is 9.67 Å². The summed E-state index contributed by atoms with van der Waals surface area (Å²) in [6.07, 6.45) is 5.19. The van der Waals surface area contributed by atoms with Crippen molar-refractivity contribution in [1.82, 2.24) is 24.6 Å². The highest BCUT2D eigenvalue weighted by Crippen LogP contribution is 2.40. The molecule has 0 atom stereocenters. The fourth-order valence-corrected chi connectivity index (χ4v) is 3.60. The van der Waals surface area contributed by atoms with Crippen molar-refractivity contribution in [3.8, 4) is 0 Å². The average molecular weight is 341 g/mol. The fraction of sp³-hybridized carbons (Fsp3) is 0.632. The number of amides is 1. The summed E-state index contributed by atoms with van der Waals surface area (Å²) in [5.41, 5.74) is 2.70. The van der Waals surface area contributed by atoms with E-state index < -0.39 is 0 Å². The lowest BCUT2D eigenvalue weighted by atomic mass is 10.1. The van der Waals surface area contributed by atoms with E-state index in [0.717, 1.165) is 54.9 Å². The van der Waals surface area contributed by atoms with Gasteiger partial charge in [-0.3, -0.25) is 4.79 Å². The van der Waals surface area contributed by atoms with Crippen LogP contribution in [0.25, 0.3) is 11.0 Å². The molecule has 2 aliphatic rings. The summed E-state index contributed by atoms with van der Waals surface area (Å²) >= 11 is 0. The minimum Gasteiger partial charge on any atom is -0.337 e. The number of hydrogen-bond acceptors (Lipinski definition) is 4. The predicted molar refractivity (Wildman–Crippen MR) is 97.9 cm³/mol. The zero-order chi connectivity index (χ0) is 17.6. The molecule has 0 N–H and O–H groups in total. The Morgan fingerprint density at radius 3 is 2.72 bits per heavy atom. The van der Waals surface area contributed by atoms with Crippen LogP contribution in [0.15, 0.2) is 12.3 Å². The molecule has 0 radical (unpaired) electrons. The second-order valence-electron chi connectivity index (χ2n) is 7.74. The van der Waals surface area contributed by atoms with Crippen molar-refractivity contribution in [3.05, 3.63) is 23.5 Å². The maximum Gasteiger partial charge on any atom is 0.254 e. The highest BCUT2D eigenvalue weighted by molar-refractivity contribution is 6.05. The predicted octanol–water partition coefficient (Wildman–Crippen LogP) is 2.67. The average Bonchev–Trinajstić information content (AvgIpc) is 3.37. The molecule has 2 aromatic heterocycles. The lowest BCUT2D eigenvalue weighted by Gasteiger charge is -2.21. The maximum absolute atomic E-state index is 13.3. The molecule has 3 heterocycles. The van der Waals surface area contributed by atoms with E-state index in [9.17, 15) is 4.79 Å². The van der Waals surface area contributed by atoms with E-state index >= 15 is 0 Å². The second kappa shape index (κ2) is 6.41. The number of fused-ring (bicyclic) bond motifs is 1. The first-order chi connectivity index (χ1) is 12.0. The van der Waals surface area contributed by atoms with Crippen molar-refractivity contribution in [1.29, 1.82) is 0 Å². The van der Waals surface area contributed by atoms with E-state index in [-0.39, 0.29) is 11.9 Å². The molecular formula is C19H27N5O. The van der Waals surface area contributed by atoms with Crippen molar-refractivity contribution in [2.45, 2.75) is 45.1 Å². The van der Waals surface area contributed by atoms with E-state index in [1.54, 1.807) is 0 Å². The molecule has 2 fully saturated rings. The number of hydrogen-bond donors (Lipinski definition) is 0. The van der Waals surface area contributed by atoms with Gasteiger partial charge in [-0.2, -0.15) is 5.10 Å². The first-order valence-corrected chi connectivity index (χ1v) is 9.40. The van der Waals surface area contributed by atoms with Gasteiger partial charge in [0.1, 0.15) is 0 Å². The molecule has 0 spiro atoms. The quantitative estimate of drug-likeness (QED) is 0.861. The summed E-state index contributed by atoms with van der Waals surface area (Å²) in [6, 6.07) is 2.26. The van der Waals surface area contributed by atoms with Gasteiger partial charge in [0.05, 0.1) is 17.1 Å². The molecule has 1 saturated carbocycles. The SMILES string of the molecule is CC(C)n1ncc2c(C(=O)N3CCCN(C)CC3)cc(C3CC3)nc21. The summed E-state index contributed by atoms with van der Waals surface area (Å²) in [7, 11) is 2.12. The Balaban J connectivity index is 1.76. The van der Waals surface area contributed by atoms with Crippen LogP contribution in [0.5, 0.6) is 0 Å². The summed E-state index contributed by atoms with van der Waals surface area (Å²) < 4.78 is 1.94. The first-order valence-electron chi connectivity index (χ1n) is 9.40. The van der Waals surface area contributed by atoms with Gasteiger partial charge < -0.3 is 9.80 Å². The van der Waals surface area contributed by atoms with E-state index in [2.05, 4.69) is 30.9 Å². The van der Waals surface area contributed by atoms with Gasteiger partial charge in [-0.15, -0.1) is 0 Å². The molecule has 1 aliphatic carbocycles. The third-order valence-electron chi connectivity index (χ3n) is 5.31. The first kappa shape index (κ1) is 16.5. The Morgan fingerprint density at radius 1 is 1.20 bits per heavy atom. The zero-order valence-electron chi connectivity index (χ0n) is 15.4. The van der Waals surface area contributed by atoms with Gasteiger partial charge in [-0.1, -0.05) is 0 Å². The minimum atomic E-state index is 0.132. The Labute approximate surface area is 148 Å². The number of carbonyl (C=O) groups is 1. The van der Waals surface area contributed by atoms with Gasteiger partial charge in [-0.05, 0) is 52.8 Å². The van der Waals surface area contributed by atoms with Crippen LogP contribution in [0.2, 0.25) is 0 Å². The van der Waals surface area contributed by atoms with Crippen LogP contribution in [0.1, 0.15) is 61.1 Å².